The number of amides is 1. The van der Waals surface area contributed by atoms with Gasteiger partial charge >= 0.3 is 0 Å². The predicted molar refractivity (Wildman–Crippen MR) is 82.0 cm³/mol. The van der Waals surface area contributed by atoms with Gasteiger partial charge < -0.3 is 5.32 Å². The topological polar surface area (TPSA) is 82.5 Å². The van der Waals surface area contributed by atoms with Crippen molar-refractivity contribution in [2.24, 2.45) is 0 Å². The van der Waals surface area contributed by atoms with E-state index in [1.807, 2.05) is 12.1 Å². The van der Waals surface area contributed by atoms with Crippen molar-refractivity contribution >= 4 is 22.6 Å². The summed E-state index contributed by atoms with van der Waals surface area (Å²) in [5, 5.41) is 4.16. The summed E-state index contributed by atoms with van der Waals surface area (Å²) in [4.78, 5) is 16.6. The Labute approximate surface area is 123 Å². The maximum atomic E-state index is 12.3. The molecule has 5 nitrogen and oxygen atoms in total. The number of hydrogen-bond acceptors (Lipinski definition) is 4. The molecule has 3 rings (SSSR count). The number of benzene rings is 1. The SMILES string of the molecule is O=C(NCc1ccncc1)c1cccc2c1C=CS2(O)O. The van der Waals surface area contributed by atoms with Crippen molar-refractivity contribution in [2.75, 3.05) is 0 Å². The van der Waals surface area contributed by atoms with E-state index in [9.17, 15) is 13.9 Å². The second-order valence-corrected chi connectivity index (χ2v) is 6.55. The van der Waals surface area contributed by atoms with Crippen LogP contribution in [0.1, 0.15) is 21.5 Å². The zero-order chi connectivity index (χ0) is 14.9. The number of rotatable bonds is 3. The van der Waals surface area contributed by atoms with Crippen molar-refractivity contribution in [1.29, 1.82) is 0 Å². The van der Waals surface area contributed by atoms with E-state index in [0.717, 1.165) is 5.56 Å². The Morgan fingerprint density at radius 2 is 1.95 bits per heavy atom. The van der Waals surface area contributed by atoms with Gasteiger partial charge in [0.25, 0.3) is 5.91 Å². The van der Waals surface area contributed by atoms with E-state index in [0.29, 0.717) is 22.6 Å². The number of nitrogens with zero attached hydrogens (tertiary/aromatic N) is 1. The number of hydrogen-bond donors (Lipinski definition) is 3. The number of fused-ring (bicyclic) bond motifs is 1. The molecule has 0 fully saturated rings. The standard InChI is InChI=1S/C15H14N2O3S/c18-15(17-10-11-4-7-16-8-5-11)13-2-1-3-14-12(13)6-9-21(14,19)20/h1-9,19-20H,10H2,(H,17,18). The van der Waals surface area contributed by atoms with Crippen LogP contribution < -0.4 is 5.32 Å². The minimum atomic E-state index is -2.90. The lowest BCUT2D eigenvalue weighted by Crippen LogP contribution is -2.23. The van der Waals surface area contributed by atoms with Gasteiger partial charge in [-0.15, -0.1) is 10.6 Å². The number of carbonyl (C=O) groups excluding carboxylic acids is 1. The van der Waals surface area contributed by atoms with E-state index >= 15 is 0 Å². The number of aromatic nitrogens is 1. The molecule has 2 heterocycles. The summed E-state index contributed by atoms with van der Waals surface area (Å²) in [5.41, 5.74) is 1.96. The van der Waals surface area contributed by atoms with Crippen LogP contribution in [-0.2, 0) is 6.54 Å². The van der Waals surface area contributed by atoms with Crippen molar-refractivity contribution in [1.82, 2.24) is 10.3 Å². The Morgan fingerprint density at radius 3 is 2.71 bits per heavy atom. The summed E-state index contributed by atoms with van der Waals surface area (Å²) in [5.74, 6) is -0.245. The van der Waals surface area contributed by atoms with E-state index in [1.54, 1.807) is 36.7 Å². The van der Waals surface area contributed by atoms with Gasteiger partial charge in [-0.1, -0.05) is 6.07 Å². The Kier molecular flexibility index (Phi) is 3.50. The van der Waals surface area contributed by atoms with Gasteiger partial charge in [0.05, 0.1) is 4.90 Å². The van der Waals surface area contributed by atoms with E-state index in [-0.39, 0.29) is 5.91 Å². The lowest BCUT2D eigenvalue weighted by molar-refractivity contribution is 0.0950. The molecule has 108 valence electrons. The highest BCUT2D eigenvalue weighted by Crippen LogP contribution is 2.56. The van der Waals surface area contributed by atoms with Gasteiger partial charge in [-0.2, -0.15) is 0 Å². The van der Waals surface area contributed by atoms with Gasteiger partial charge in [-0.05, 0) is 35.9 Å². The first-order chi connectivity index (χ1) is 10.1. The molecule has 0 unspecified atom stereocenters. The van der Waals surface area contributed by atoms with Crippen molar-refractivity contribution in [3.63, 3.8) is 0 Å². The summed E-state index contributed by atoms with van der Waals surface area (Å²) in [7, 11) is -2.90. The highest BCUT2D eigenvalue weighted by Gasteiger charge is 2.25. The second kappa shape index (κ2) is 5.33. The van der Waals surface area contributed by atoms with Crippen LogP contribution >= 0.6 is 10.6 Å². The third kappa shape index (κ3) is 2.69. The van der Waals surface area contributed by atoms with E-state index < -0.39 is 10.6 Å². The first kappa shape index (κ1) is 13.8. The maximum Gasteiger partial charge on any atom is 0.252 e. The number of carbonyl (C=O) groups is 1. The number of pyridine rings is 1. The first-order valence-corrected chi connectivity index (χ1v) is 7.95. The van der Waals surface area contributed by atoms with Gasteiger partial charge in [0.2, 0.25) is 0 Å². The molecule has 0 aliphatic carbocycles. The van der Waals surface area contributed by atoms with Crippen LogP contribution in [0, 0.1) is 0 Å². The summed E-state index contributed by atoms with van der Waals surface area (Å²) in [6.07, 6.45) is 4.92. The van der Waals surface area contributed by atoms with Gasteiger partial charge in [-0.3, -0.25) is 18.9 Å². The minimum absolute atomic E-state index is 0.245. The summed E-state index contributed by atoms with van der Waals surface area (Å²) in [6.45, 7) is 0.394. The van der Waals surface area contributed by atoms with E-state index in [1.165, 1.54) is 5.41 Å². The average Bonchev–Trinajstić information content (AvgIpc) is 2.82. The summed E-state index contributed by atoms with van der Waals surface area (Å²) < 4.78 is 19.7. The highest BCUT2D eigenvalue weighted by atomic mass is 32.3. The lowest BCUT2D eigenvalue weighted by atomic mass is 10.1. The van der Waals surface area contributed by atoms with Crippen LogP contribution in [-0.4, -0.2) is 20.0 Å². The third-order valence-electron chi connectivity index (χ3n) is 3.26. The summed E-state index contributed by atoms with van der Waals surface area (Å²) in [6, 6.07) is 8.61. The summed E-state index contributed by atoms with van der Waals surface area (Å²) >= 11 is 0. The average molecular weight is 302 g/mol. The molecule has 0 saturated heterocycles. The molecule has 6 heteroatoms. The molecular formula is C15H14N2O3S. The van der Waals surface area contributed by atoms with E-state index in [2.05, 4.69) is 10.3 Å². The molecule has 0 spiro atoms. The molecular weight excluding hydrogens is 288 g/mol. The molecule has 3 N–H and O–H groups in total. The van der Waals surface area contributed by atoms with Crippen molar-refractivity contribution in [2.45, 2.75) is 11.4 Å². The van der Waals surface area contributed by atoms with Crippen LogP contribution in [0.3, 0.4) is 0 Å². The van der Waals surface area contributed by atoms with Gasteiger partial charge in [-0.25, -0.2) is 0 Å². The molecule has 2 aromatic rings. The fourth-order valence-corrected chi connectivity index (χ4v) is 3.44. The van der Waals surface area contributed by atoms with E-state index in [4.69, 9.17) is 0 Å². The van der Waals surface area contributed by atoms with Crippen LogP contribution in [0.4, 0.5) is 0 Å². The third-order valence-corrected chi connectivity index (χ3v) is 4.78. The minimum Gasteiger partial charge on any atom is -0.348 e. The van der Waals surface area contributed by atoms with Gasteiger partial charge in [0.1, 0.15) is 0 Å². The fraction of sp³-hybridized carbons (Fsp3) is 0.0667. The second-order valence-electron chi connectivity index (χ2n) is 4.65. The van der Waals surface area contributed by atoms with Crippen molar-refractivity contribution in [3.8, 4) is 0 Å². The van der Waals surface area contributed by atoms with Gasteiger partial charge in [0, 0.05) is 35.5 Å². The Hall–Kier alpha value is -2.15. The lowest BCUT2D eigenvalue weighted by Gasteiger charge is -2.25. The Morgan fingerprint density at radius 1 is 1.19 bits per heavy atom. The van der Waals surface area contributed by atoms with Crippen LogP contribution in [0.2, 0.25) is 0 Å². The fourth-order valence-electron chi connectivity index (χ4n) is 2.19. The molecule has 0 saturated carbocycles. The zero-order valence-electron chi connectivity index (χ0n) is 11.1. The molecule has 1 aliphatic heterocycles. The maximum absolute atomic E-state index is 12.3. The molecule has 1 aromatic heterocycles. The van der Waals surface area contributed by atoms with Crippen molar-refractivity contribution < 1.29 is 13.9 Å². The van der Waals surface area contributed by atoms with Crippen molar-refractivity contribution in [3.05, 3.63) is 64.8 Å². The molecule has 21 heavy (non-hydrogen) atoms. The van der Waals surface area contributed by atoms with Crippen LogP contribution in [0.25, 0.3) is 6.08 Å². The smallest absolute Gasteiger partial charge is 0.252 e. The quantitative estimate of drug-likeness (QED) is 0.813. The highest BCUT2D eigenvalue weighted by molar-refractivity contribution is 8.27. The Balaban J connectivity index is 1.81. The van der Waals surface area contributed by atoms with Gasteiger partial charge in [0.15, 0.2) is 0 Å². The normalized spacial score (nSPS) is 16.3. The molecule has 1 amide bonds. The monoisotopic (exact) mass is 302 g/mol. The molecule has 0 atom stereocenters. The number of nitrogens with one attached hydrogen (secondary N) is 1. The first-order valence-electron chi connectivity index (χ1n) is 6.34. The Bertz CT molecular complexity index is 714. The molecule has 0 bridgehead atoms. The zero-order valence-corrected chi connectivity index (χ0v) is 11.9. The van der Waals surface area contributed by atoms with Crippen LogP contribution in [0.5, 0.6) is 0 Å². The largest absolute Gasteiger partial charge is 0.348 e. The predicted octanol–water partition coefficient (Wildman–Crippen LogP) is 3.11. The molecule has 0 radical (unpaired) electrons. The molecule has 1 aromatic carbocycles. The van der Waals surface area contributed by atoms with Crippen LogP contribution in [0.15, 0.2) is 53.0 Å². The molecule has 1 aliphatic rings.